The quantitative estimate of drug-likeness (QED) is 0.606. The monoisotopic (exact) mass is 296 g/mol. The SMILES string of the molecule is CCNc1nc(NC(CC)CCO)nc(N(CC)CC)n1. The number of aliphatic hydroxyl groups is 1. The summed E-state index contributed by atoms with van der Waals surface area (Å²) in [6.45, 7) is 10.8. The lowest BCUT2D eigenvalue weighted by Crippen LogP contribution is -2.27. The van der Waals surface area contributed by atoms with Gasteiger partial charge in [0.2, 0.25) is 17.8 Å². The third-order valence-corrected chi connectivity index (χ3v) is 3.31. The maximum Gasteiger partial charge on any atom is 0.231 e. The fourth-order valence-corrected chi connectivity index (χ4v) is 2.03. The van der Waals surface area contributed by atoms with Crippen LogP contribution < -0.4 is 15.5 Å². The molecule has 0 amide bonds. The van der Waals surface area contributed by atoms with Gasteiger partial charge in [-0.1, -0.05) is 6.92 Å². The van der Waals surface area contributed by atoms with E-state index in [-0.39, 0.29) is 12.6 Å². The summed E-state index contributed by atoms with van der Waals surface area (Å²) in [5.41, 5.74) is 0. The molecule has 0 aliphatic carbocycles. The van der Waals surface area contributed by atoms with Gasteiger partial charge >= 0.3 is 0 Å². The van der Waals surface area contributed by atoms with E-state index in [1.807, 2.05) is 6.92 Å². The number of aromatic nitrogens is 3. The van der Waals surface area contributed by atoms with Gasteiger partial charge in [0.15, 0.2) is 0 Å². The van der Waals surface area contributed by atoms with E-state index in [0.717, 1.165) is 26.1 Å². The molecule has 1 rings (SSSR count). The van der Waals surface area contributed by atoms with Crippen LogP contribution in [-0.2, 0) is 0 Å². The first-order valence-electron chi connectivity index (χ1n) is 7.80. The molecule has 0 spiro atoms. The number of anilines is 3. The fraction of sp³-hybridized carbons (Fsp3) is 0.786. The van der Waals surface area contributed by atoms with Crippen molar-refractivity contribution in [2.24, 2.45) is 0 Å². The molecule has 0 bridgehead atoms. The van der Waals surface area contributed by atoms with Gasteiger partial charge in [-0.05, 0) is 33.6 Å². The Bertz CT molecular complexity index is 410. The topological polar surface area (TPSA) is 86.2 Å². The van der Waals surface area contributed by atoms with Crippen molar-refractivity contribution in [2.45, 2.75) is 46.6 Å². The van der Waals surface area contributed by atoms with Gasteiger partial charge in [-0.3, -0.25) is 0 Å². The van der Waals surface area contributed by atoms with Crippen molar-refractivity contribution in [3.05, 3.63) is 0 Å². The van der Waals surface area contributed by atoms with E-state index in [1.165, 1.54) is 0 Å². The largest absolute Gasteiger partial charge is 0.396 e. The Morgan fingerprint density at radius 3 is 2.24 bits per heavy atom. The maximum absolute atomic E-state index is 9.09. The first-order valence-corrected chi connectivity index (χ1v) is 7.80. The molecule has 1 aromatic heterocycles. The van der Waals surface area contributed by atoms with E-state index in [0.29, 0.717) is 24.3 Å². The van der Waals surface area contributed by atoms with Crippen molar-refractivity contribution < 1.29 is 5.11 Å². The minimum atomic E-state index is 0.152. The zero-order valence-electron chi connectivity index (χ0n) is 13.6. The molecule has 1 unspecified atom stereocenters. The van der Waals surface area contributed by atoms with Crippen LogP contribution in [0, 0.1) is 0 Å². The van der Waals surface area contributed by atoms with E-state index in [9.17, 15) is 0 Å². The number of nitrogens with one attached hydrogen (secondary N) is 2. The highest BCUT2D eigenvalue weighted by molar-refractivity contribution is 5.44. The molecule has 0 fully saturated rings. The predicted molar refractivity (Wildman–Crippen MR) is 87.0 cm³/mol. The van der Waals surface area contributed by atoms with Gasteiger partial charge in [0, 0.05) is 32.3 Å². The highest BCUT2D eigenvalue weighted by Gasteiger charge is 2.13. The van der Waals surface area contributed by atoms with Gasteiger partial charge in [-0.2, -0.15) is 15.0 Å². The summed E-state index contributed by atoms with van der Waals surface area (Å²) in [5.74, 6) is 1.81. The molecule has 1 atom stereocenters. The zero-order chi connectivity index (χ0) is 15.7. The van der Waals surface area contributed by atoms with E-state index >= 15 is 0 Å². The number of hydrogen-bond donors (Lipinski definition) is 3. The Balaban J connectivity index is 3.00. The Hall–Kier alpha value is -1.63. The Labute approximate surface area is 127 Å². The number of hydrogen-bond acceptors (Lipinski definition) is 7. The molecule has 1 aromatic rings. The summed E-state index contributed by atoms with van der Waals surface area (Å²) < 4.78 is 0. The van der Waals surface area contributed by atoms with Crippen LogP contribution in [0.15, 0.2) is 0 Å². The molecule has 0 aromatic carbocycles. The Morgan fingerprint density at radius 1 is 1.05 bits per heavy atom. The molecule has 0 saturated heterocycles. The second-order valence-corrected chi connectivity index (χ2v) is 4.75. The molecule has 120 valence electrons. The van der Waals surface area contributed by atoms with Gasteiger partial charge in [0.1, 0.15) is 0 Å². The van der Waals surface area contributed by atoms with Crippen LogP contribution in [0.2, 0.25) is 0 Å². The first-order chi connectivity index (χ1) is 10.2. The second kappa shape index (κ2) is 9.33. The minimum absolute atomic E-state index is 0.152. The van der Waals surface area contributed by atoms with Gasteiger partial charge in [-0.25, -0.2) is 0 Å². The van der Waals surface area contributed by atoms with Gasteiger partial charge in [0.05, 0.1) is 0 Å². The Kier molecular flexibility index (Phi) is 7.74. The molecule has 3 N–H and O–H groups in total. The summed E-state index contributed by atoms with van der Waals surface area (Å²) >= 11 is 0. The van der Waals surface area contributed by atoms with Gasteiger partial charge in [-0.15, -0.1) is 0 Å². The maximum atomic E-state index is 9.09. The summed E-state index contributed by atoms with van der Waals surface area (Å²) in [6.07, 6.45) is 1.59. The summed E-state index contributed by atoms with van der Waals surface area (Å²) in [6, 6.07) is 0.163. The number of aliphatic hydroxyl groups excluding tert-OH is 1. The third kappa shape index (κ3) is 5.34. The van der Waals surface area contributed by atoms with Crippen LogP contribution in [-0.4, -0.2) is 52.3 Å². The molecule has 0 aliphatic heterocycles. The molecule has 7 nitrogen and oxygen atoms in total. The summed E-state index contributed by atoms with van der Waals surface area (Å²) in [4.78, 5) is 15.4. The van der Waals surface area contributed by atoms with E-state index in [4.69, 9.17) is 5.11 Å². The lowest BCUT2D eigenvalue weighted by atomic mass is 10.2. The standard InChI is InChI=1S/C14H28N6O/c1-5-11(9-10-21)16-13-17-12(15-6-2)18-14(19-13)20(7-3)8-4/h11,21H,5-10H2,1-4H3,(H2,15,16,17,18,19). The molecule has 0 radical (unpaired) electrons. The highest BCUT2D eigenvalue weighted by Crippen LogP contribution is 2.15. The van der Waals surface area contributed by atoms with Crippen LogP contribution in [0.3, 0.4) is 0 Å². The summed E-state index contributed by atoms with van der Waals surface area (Å²) in [5, 5.41) is 15.5. The van der Waals surface area contributed by atoms with Crippen molar-refractivity contribution in [1.29, 1.82) is 0 Å². The molecule has 0 aliphatic rings. The predicted octanol–water partition coefficient (Wildman–Crippen LogP) is 1.72. The zero-order valence-corrected chi connectivity index (χ0v) is 13.6. The Morgan fingerprint density at radius 2 is 1.71 bits per heavy atom. The van der Waals surface area contributed by atoms with Crippen molar-refractivity contribution in [3.8, 4) is 0 Å². The average Bonchev–Trinajstić information content (AvgIpc) is 2.48. The van der Waals surface area contributed by atoms with Gasteiger partial charge in [0.25, 0.3) is 0 Å². The van der Waals surface area contributed by atoms with Crippen molar-refractivity contribution in [3.63, 3.8) is 0 Å². The van der Waals surface area contributed by atoms with Crippen molar-refractivity contribution in [2.75, 3.05) is 41.8 Å². The minimum Gasteiger partial charge on any atom is -0.396 e. The van der Waals surface area contributed by atoms with Crippen LogP contribution in [0.1, 0.15) is 40.5 Å². The lowest BCUT2D eigenvalue weighted by Gasteiger charge is -2.21. The van der Waals surface area contributed by atoms with Crippen LogP contribution in [0.25, 0.3) is 0 Å². The number of rotatable bonds is 10. The lowest BCUT2D eigenvalue weighted by molar-refractivity contribution is 0.278. The first kappa shape index (κ1) is 17.4. The molecular formula is C14H28N6O. The van der Waals surface area contributed by atoms with E-state index < -0.39 is 0 Å². The van der Waals surface area contributed by atoms with Crippen molar-refractivity contribution >= 4 is 17.8 Å². The second-order valence-electron chi connectivity index (χ2n) is 4.75. The smallest absolute Gasteiger partial charge is 0.231 e. The average molecular weight is 296 g/mol. The van der Waals surface area contributed by atoms with Crippen LogP contribution in [0.4, 0.5) is 17.8 Å². The molecule has 1 heterocycles. The van der Waals surface area contributed by atoms with Crippen LogP contribution in [0.5, 0.6) is 0 Å². The molecule has 21 heavy (non-hydrogen) atoms. The highest BCUT2D eigenvalue weighted by atomic mass is 16.3. The fourth-order valence-electron chi connectivity index (χ4n) is 2.03. The summed E-state index contributed by atoms with van der Waals surface area (Å²) in [7, 11) is 0. The normalized spacial score (nSPS) is 12.0. The van der Waals surface area contributed by atoms with E-state index in [1.54, 1.807) is 0 Å². The number of nitrogens with zero attached hydrogens (tertiary/aromatic N) is 4. The van der Waals surface area contributed by atoms with Crippen LogP contribution >= 0.6 is 0 Å². The molecular weight excluding hydrogens is 268 g/mol. The molecule has 0 saturated carbocycles. The molecule has 7 heteroatoms. The van der Waals surface area contributed by atoms with Crippen molar-refractivity contribution in [1.82, 2.24) is 15.0 Å². The third-order valence-electron chi connectivity index (χ3n) is 3.31. The van der Waals surface area contributed by atoms with E-state index in [2.05, 4.69) is 51.3 Å². The van der Waals surface area contributed by atoms with Gasteiger partial charge < -0.3 is 20.6 Å².